The van der Waals surface area contributed by atoms with Gasteiger partial charge in [-0.15, -0.1) is 18.2 Å². The predicted molar refractivity (Wildman–Crippen MR) is 316 cm³/mol. The van der Waals surface area contributed by atoms with E-state index in [1.165, 1.54) is 45.1 Å². The zero-order valence-electron chi connectivity index (χ0n) is 49.6. The van der Waals surface area contributed by atoms with E-state index < -0.39 is 31.9 Å². The molecule has 0 aliphatic carbocycles. The number of imidazole rings is 1. The van der Waals surface area contributed by atoms with E-state index in [0.717, 1.165) is 59.9 Å². The van der Waals surface area contributed by atoms with Crippen molar-refractivity contribution >= 4 is 50.6 Å². The molecule has 0 unspecified atom stereocenters. The Labute approximate surface area is 468 Å². The summed E-state index contributed by atoms with van der Waals surface area (Å²) in [7, 11) is 0. The Morgan fingerprint density at radius 1 is 0.653 bits per heavy atom. The van der Waals surface area contributed by atoms with Crippen LogP contribution in [-0.2, 0) is 26.5 Å². The number of benzene rings is 8. The molecule has 6 heteroatoms. The van der Waals surface area contributed by atoms with Gasteiger partial charge < -0.3 is 8.98 Å². The molecule has 1 radical (unpaired) electrons. The first-order valence-electron chi connectivity index (χ1n) is 28.3. The molecule has 0 fully saturated rings. The van der Waals surface area contributed by atoms with E-state index in [0.29, 0.717) is 16.8 Å². The Balaban J connectivity index is 0.000000235. The van der Waals surface area contributed by atoms with Crippen molar-refractivity contribution in [3.8, 4) is 61.7 Å². The normalized spacial score (nSPS) is 13.2. The van der Waals surface area contributed by atoms with Crippen LogP contribution < -0.4 is 4.40 Å². The van der Waals surface area contributed by atoms with Crippen LogP contribution in [0, 0.1) is 24.4 Å². The van der Waals surface area contributed by atoms with E-state index >= 15 is 0 Å². The van der Waals surface area contributed by atoms with Crippen molar-refractivity contribution in [3.05, 3.63) is 217 Å². The quantitative estimate of drug-likeness (QED) is 0.101. The Bertz CT molecular complexity index is 3970. The zero-order valence-corrected chi connectivity index (χ0v) is 49.1. The molecule has 3 heterocycles. The minimum Gasteiger partial charge on any atom is 0 e. The van der Waals surface area contributed by atoms with E-state index in [1.54, 1.807) is 12.1 Å². The van der Waals surface area contributed by atoms with Crippen molar-refractivity contribution in [2.45, 2.75) is 90.8 Å². The standard InChI is InChI=1S/C49H39N2O.C20H28GeN.Ir/c1-31(2)42-28-38(34-17-9-6-10-18-34)29-43(32(3)4)47(42)51-45-24-12-11-23-44(45)50-49(51)41-22-14-21-40-39-26-25-37(30-46(39)52-48(40)41)36-20-13-19-35(27-36)33-15-7-5-8-16-33;1-15-8-10-16(11-9-15)19-12-17(13-20(2,3)4)18(14-22-19)21(5,6)7;/h5-21,23-32H,1-4H3;8-10,12,14H,13H2,1-7H3;/q2*-1;/i;1D3,13D2;. The first kappa shape index (κ1) is 46.9. The minimum absolute atomic E-state index is 0. The molecule has 11 rings (SSSR count). The number of pyridine rings is 1. The van der Waals surface area contributed by atoms with Crippen LogP contribution in [0.1, 0.15) is 89.4 Å². The fourth-order valence-corrected chi connectivity index (χ4v) is 12.8. The van der Waals surface area contributed by atoms with Gasteiger partial charge in [0.25, 0.3) is 0 Å². The van der Waals surface area contributed by atoms with Gasteiger partial charge >= 0.3 is 145 Å². The molecule has 0 N–H and O–H groups in total. The number of nitrogens with zero attached hydrogens (tertiary/aromatic N) is 3. The molecule has 8 aromatic carbocycles. The summed E-state index contributed by atoms with van der Waals surface area (Å²) >= 11 is -2.36. The van der Waals surface area contributed by atoms with Crippen molar-refractivity contribution in [2.75, 3.05) is 0 Å². The van der Waals surface area contributed by atoms with Crippen LogP contribution in [0.3, 0.4) is 0 Å². The molecule has 0 amide bonds. The second kappa shape index (κ2) is 21.9. The molecule has 0 atom stereocenters. The van der Waals surface area contributed by atoms with Crippen molar-refractivity contribution in [1.29, 1.82) is 0 Å². The number of para-hydroxylation sites is 2. The number of rotatable bonds is 10. The number of aryl methyl sites for hydroxylation is 1. The van der Waals surface area contributed by atoms with Crippen LogP contribution in [0.5, 0.6) is 0 Å². The van der Waals surface area contributed by atoms with Crippen LogP contribution in [0.25, 0.3) is 94.7 Å². The molecular weight excluding hydrogens is 1150 g/mol. The summed E-state index contributed by atoms with van der Waals surface area (Å²) in [5.41, 5.74) is 17.0. The van der Waals surface area contributed by atoms with E-state index in [2.05, 4.69) is 212 Å². The molecular formula is C69H67GeIrN3O-2. The van der Waals surface area contributed by atoms with Crippen molar-refractivity contribution < 1.29 is 31.4 Å². The molecule has 0 aliphatic heterocycles. The monoisotopic (exact) mass is 1230 g/mol. The van der Waals surface area contributed by atoms with Crippen LogP contribution >= 0.6 is 0 Å². The second-order valence-electron chi connectivity index (χ2n) is 22.0. The van der Waals surface area contributed by atoms with Crippen LogP contribution in [0.4, 0.5) is 0 Å². The van der Waals surface area contributed by atoms with Gasteiger partial charge in [-0.25, -0.2) is 0 Å². The maximum atomic E-state index is 8.80. The summed E-state index contributed by atoms with van der Waals surface area (Å²) in [6.45, 7) is 12.7. The topological polar surface area (TPSA) is 43.9 Å². The number of fused-ring (bicyclic) bond motifs is 4. The number of hydrogen-bond donors (Lipinski definition) is 0. The molecule has 379 valence electrons. The maximum absolute atomic E-state index is 8.80. The molecule has 4 nitrogen and oxygen atoms in total. The van der Waals surface area contributed by atoms with Crippen molar-refractivity contribution in [3.63, 3.8) is 0 Å². The number of furan rings is 1. The molecule has 0 saturated heterocycles. The number of hydrogen-bond acceptors (Lipinski definition) is 3. The SMILES string of the molecule is CC(C)c1cc(-c2ccccc2)cc(C(C)C)c1-n1c(-c2[c-]ccc3c2oc2cc(-c4cccc(-c5ccccc5)c4)ccc23)nc2ccccc21.[2H]C([2H])([2H])c1c[c-]c(-c2cc(C([2H])([2H])C(C)(C)C)[c]([Ge]([CH3])([CH3])[CH3])cn2)cc1.[Ir]. The first-order chi connectivity index (χ1) is 37.5. The van der Waals surface area contributed by atoms with Crippen LogP contribution in [0.2, 0.25) is 17.3 Å². The van der Waals surface area contributed by atoms with Crippen molar-refractivity contribution in [2.24, 2.45) is 5.41 Å². The van der Waals surface area contributed by atoms with Gasteiger partial charge in [0.05, 0.1) is 22.4 Å². The Morgan fingerprint density at radius 3 is 1.91 bits per heavy atom. The van der Waals surface area contributed by atoms with Crippen LogP contribution in [0.15, 0.2) is 187 Å². The summed E-state index contributed by atoms with van der Waals surface area (Å²) in [6, 6.07) is 67.0. The Morgan fingerprint density at radius 2 is 1.28 bits per heavy atom. The molecule has 3 aromatic heterocycles. The van der Waals surface area contributed by atoms with E-state index in [1.807, 2.05) is 39.1 Å². The fraction of sp³-hybridized carbons (Fsp3) is 0.217. The van der Waals surface area contributed by atoms with Gasteiger partial charge in [0.15, 0.2) is 0 Å². The largest absolute Gasteiger partial charge is 0 e. The van der Waals surface area contributed by atoms with Gasteiger partial charge in [-0.05, 0) is 92.7 Å². The van der Waals surface area contributed by atoms with Gasteiger partial charge in [-0.3, -0.25) is 4.98 Å². The summed E-state index contributed by atoms with van der Waals surface area (Å²) in [5.74, 6) is 8.07. The average molecular weight is 1220 g/mol. The van der Waals surface area contributed by atoms with Gasteiger partial charge in [0.1, 0.15) is 5.58 Å². The van der Waals surface area contributed by atoms with Gasteiger partial charge in [-0.2, -0.15) is 0 Å². The van der Waals surface area contributed by atoms with Gasteiger partial charge in [-0.1, -0.05) is 142 Å². The molecule has 11 aromatic rings. The first-order valence-corrected chi connectivity index (χ1v) is 33.1. The molecule has 0 aliphatic rings. The van der Waals surface area contributed by atoms with Gasteiger partial charge in [0.2, 0.25) is 0 Å². The smallest absolute Gasteiger partial charge is 0 e. The zero-order chi connectivity index (χ0) is 56.2. The molecule has 75 heavy (non-hydrogen) atoms. The Hall–Kier alpha value is -6.63. The molecule has 0 saturated carbocycles. The third-order valence-corrected chi connectivity index (χ3v) is 17.8. The van der Waals surface area contributed by atoms with Crippen LogP contribution in [-0.4, -0.2) is 27.8 Å². The fourth-order valence-electron chi connectivity index (χ4n) is 9.92. The van der Waals surface area contributed by atoms with E-state index in [4.69, 9.17) is 16.3 Å². The van der Waals surface area contributed by atoms with Gasteiger partial charge in [0, 0.05) is 31.2 Å². The van der Waals surface area contributed by atoms with E-state index in [9.17, 15) is 0 Å². The van der Waals surface area contributed by atoms with Crippen molar-refractivity contribution in [1.82, 2.24) is 14.5 Å². The average Bonchev–Trinajstić information content (AvgIpc) is 4.21. The maximum Gasteiger partial charge on any atom is 0 e. The summed E-state index contributed by atoms with van der Waals surface area (Å²) in [5, 5.41) is 2.13. The summed E-state index contributed by atoms with van der Waals surface area (Å²) in [6.07, 6.45) is 0.303. The second-order valence-corrected chi connectivity index (χ2v) is 32.6. The minimum atomic E-state index is -2.36. The summed E-state index contributed by atoms with van der Waals surface area (Å²) < 4.78 is 50.3. The van der Waals surface area contributed by atoms with E-state index in [-0.39, 0.29) is 37.5 Å². The third kappa shape index (κ3) is 11.3. The molecule has 0 spiro atoms. The third-order valence-electron chi connectivity index (χ3n) is 13.6. The summed E-state index contributed by atoms with van der Waals surface area (Å²) in [4.78, 5) is 9.91. The Kier molecular flexibility index (Phi) is 13.7. The predicted octanol–water partition coefficient (Wildman–Crippen LogP) is 18.6. The number of aromatic nitrogens is 3. The molecule has 0 bridgehead atoms.